The van der Waals surface area contributed by atoms with Gasteiger partial charge in [-0.3, -0.25) is 4.79 Å². The smallest absolute Gasteiger partial charge is 0.311 e. The normalized spacial score (nSPS) is 48.5. The van der Waals surface area contributed by atoms with Gasteiger partial charge in [-0.05, 0) is 33.1 Å². The van der Waals surface area contributed by atoms with Crippen LogP contribution in [-0.4, -0.2) is 44.2 Å². The maximum absolute atomic E-state index is 12.3. The van der Waals surface area contributed by atoms with Gasteiger partial charge < -0.3 is 20.1 Å². The zero-order valence-corrected chi connectivity index (χ0v) is 13.1. The zero-order chi connectivity index (χ0) is 15.7. The van der Waals surface area contributed by atoms with Crippen LogP contribution in [0.4, 0.5) is 0 Å². The fraction of sp³-hybridized carbons (Fsp3) is 0.938. The Morgan fingerprint density at radius 3 is 2.10 bits per heavy atom. The summed E-state index contributed by atoms with van der Waals surface area (Å²) in [6.45, 7) is 5.59. The van der Waals surface area contributed by atoms with Crippen molar-refractivity contribution in [3.8, 4) is 0 Å². The molecule has 0 aromatic heterocycles. The highest BCUT2D eigenvalue weighted by atomic mass is 16.6. The molecule has 4 saturated carbocycles. The summed E-state index contributed by atoms with van der Waals surface area (Å²) in [4.78, 5) is 12.3. The Hall–Kier alpha value is -0.650. The summed E-state index contributed by atoms with van der Waals surface area (Å²) in [6, 6.07) is 0. The molecule has 21 heavy (non-hydrogen) atoms. The van der Waals surface area contributed by atoms with Crippen LogP contribution in [0.2, 0.25) is 0 Å². The van der Waals surface area contributed by atoms with Crippen molar-refractivity contribution in [2.75, 3.05) is 0 Å². The lowest BCUT2D eigenvalue weighted by Crippen LogP contribution is -2.72. The van der Waals surface area contributed by atoms with Gasteiger partial charge in [-0.1, -0.05) is 6.92 Å². The lowest BCUT2D eigenvalue weighted by molar-refractivity contribution is -0.298. The summed E-state index contributed by atoms with van der Waals surface area (Å²) in [5, 5.41) is 31.9. The first kappa shape index (κ1) is 15.3. The van der Waals surface area contributed by atoms with Crippen LogP contribution in [0.1, 0.15) is 59.3 Å². The van der Waals surface area contributed by atoms with Crippen LogP contribution in [0.15, 0.2) is 0 Å². The van der Waals surface area contributed by atoms with Crippen LogP contribution in [0.25, 0.3) is 0 Å². The van der Waals surface area contributed by atoms with Crippen LogP contribution in [0.3, 0.4) is 0 Å². The average Bonchev–Trinajstić information content (AvgIpc) is 2.29. The predicted molar refractivity (Wildman–Crippen MR) is 75.4 cm³/mol. The fourth-order valence-electron chi connectivity index (χ4n) is 4.76. The Kier molecular flexibility index (Phi) is 3.06. The summed E-state index contributed by atoms with van der Waals surface area (Å²) >= 11 is 0. The van der Waals surface area contributed by atoms with Crippen molar-refractivity contribution >= 4 is 5.97 Å². The van der Waals surface area contributed by atoms with E-state index >= 15 is 0 Å². The van der Waals surface area contributed by atoms with Gasteiger partial charge in [0.15, 0.2) is 0 Å². The molecule has 4 rings (SSSR count). The van der Waals surface area contributed by atoms with E-state index in [0.29, 0.717) is 25.7 Å². The molecule has 3 unspecified atom stereocenters. The lowest BCUT2D eigenvalue weighted by Gasteiger charge is -2.63. The minimum absolute atomic E-state index is 0.169. The van der Waals surface area contributed by atoms with Gasteiger partial charge in [0, 0.05) is 25.2 Å². The molecule has 0 radical (unpaired) electrons. The van der Waals surface area contributed by atoms with Gasteiger partial charge in [0.1, 0.15) is 11.7 Å². The van der Waals surface area contributed by atoms with Crippen LogP contribution >= 0.6 is 0 Å². The SMILES string of the molecule is CCC(C)(C)C(=O)OC1C2CC3(O)CC(O)(C2)CC1(O)C3. The Bertz CT molecular complexity index is 453. The Balaban J connectivity index is 1.84. The van der Waals surface area contributed by atoms with Gasteiger partial charge in [0.05, 0.1) is 16.6 Å². The molecule has 4 bridgehead atoms. The largest absolute Gasteiger partial charge is 0.459 e. The monoisotopic (exact) mass is 298 g/mol. The molecule has 5 nitrogen and oxygen atoms in total. The molecule has 0 saturated heterocycles. The first-order valence-corrected chi connectivity index (χ1v) is 7.89. The average molecular weight is 298 g/mol. The second-order valence-corrected chi connectivity index (χ2v) is 8.31. The van der Waals surface area contributed by atoms with Gasteiger partial charge >= 0.3 is 5.97 Å². The van der Waals surface area contributed by atoms with E-state index in [0.717, 1.165) is 0 Å². The van der Waals surface area contributed by atoms with E-state index in [9.17, 15) is 20.1 Å². The van der Waals surface area contributed by atoms with Gasteiger partial charge in [-0.15, -0.1) is 0 Å². The minimum Gasteiger partial charge on any atom is -0.459 e. The van der Waals surface area contributed by atoms with E-state index in [1.807, 2.05) is 20.8 Å². The van der Waals surface area contributed by atoms with Gasteiger partial charge in [0.2, 0.25) is 0 Å². The molecular weight excluding hydrogens is 272 g/mol. The van der Waals surface area contributed by atoms with Gasteiger partial charge in [0.25, 0.3) is 0 Å². The molecule has 0 heterocycles. The third-order valence-electron chi connectivity index (χ3n) is 5.84. The maximum atomic E-state index is 12.3. The predicted octanol–water partition coefficient (Wildman–Crippen LogP) is 1.14. The second kappa shape index (κ2) is 4.21. The molecule has 120 valence electrons. The van der Waals surface area contributed by atoms with Crippen molar-refractivity contribution < 1.29 is 24.9 Å². The highest BCUT2D eigenvalue weighted by Crippen LogP contribution is 2.60. The fourth-order valence-corrected chi connectivity index (χ4v) is 4.76. The molecule has 4 aliphatic rings. The van der Waals surface area contributed by atoms with Crippen molar-refractivity contribution in [3.05, 3.63) is 0 Å². The van der Waals surface area contributed by atoms with Gasteiger partial charge in [-0.2, -0.15) is 0 Å². The molecule has 0 aromatic carbocycles. The number of carbonyl (C=O) groups excluding carboxylic acids is 1. The van der Waals surface area contributed by atoms with Crippen molar-refractivity contribution in [1.82, 2.24) is 0 Å². The molecule has 3 N–H and O–H groups in total. The van der Waals surface area contributed by atoms with Crippen molar-refractivity contribution in [2.24, 2.45) is 11.3 Å². The van der Waals surface area contributed by atoms with Crippen molar-refractivity contribution in [2.45, 2.75) is 82.2 Å². The summed E-state index contributed by atoms with van der Waals surface area (Å²) < 4.78 is 5.66. The summed E-state index contributed by atoms with van der Waals surface area (Å²) in [5.41, 5.74) is -3.93. The summed E-state index contributed by atoms with van der Waals surface area (Å²) in [6.07, 6.45) is 1.71. The second-order valence-electron chi connectivity index (χ2n) is 8.31. The lowest BCUT2D eigenvalue weighted by atomic mass is 9.49. The van der Waals surface area contributed by atoms with Crippen LogP contribution in [0, 0.1) is 11.3 Å². The first-order chi connectivity index (χ1) is 9.51. The topological polar surface area (TPSA) is 87.0 Å². The number of hydrogen-bond donors (Lipinski definition) is 3. The molecule has 4 aliphatic carbocycles. The first-order valence-electron chi connectivity index (χ1n) is 7.89. The van der Waals surface area contributed by atoms with E-state index in [-0.39, 0.29) is 24.7 Å². The zero-order valence-electron chi connectivity index (χ0n) is 13.1. The molecule has 3 atom stereocenters. The molecule has 0 aliphatic heterocycles. The molecule has 0 spiro atoms. The molecular formula is C16H26O5. The van der Waals surface area contributed by atoms with E-state index in [1.54, 1.807) is 0 Å². The number of hydrogen-bond acceptors (Lipinski definition) is 5. The number of carbonyl (C=O) groups is 1. The Labute approximate surface area is 125 Å². The van der Waals surface area contributed by atoms with Crippen molar-refractivity contribution in [1.29, 1.82) is 0 Å². The maximum Gasteiger partial charge on any atom is 0.311 e. The Morgan fingerprint density at radius 1 is 1.14 bits per heavy atom. The van der Waals surface area contributed by atoms with Crippen LogP contribution in [0.5, 0.6) is 0 Å². The third kappa shape index (κ3) is 2.30. The van der Waals surface area contributed by atoms with E-state index in [2.05, 4.69) is 0 Å². The standard InChI is InChI=1S/C16H26O5/c1-4-13(2,3)12(17)21-11-10-5-14(18)7-15(19,6-10)9-16(11,20)8-14/h10-11,18-20H,4-9H2,1-3H3. The molecule has 4 fully saturated rings. The summed E-state index contributed by atoms with van der Waals surface area (Å²) in [7, 11) is 0. The highest BCUT2D eigenvalue weighted by molar-refractivity contribution is 5.76. The van der Waals surface area contributed by atoms with Gasteiger partial charge in [-0.25, -0.2) is 0 Å². The Morgan fingerprint density at radius 2 is 1.67 bits per heavy atom. The quantitative estimate of drug-likeness (QED) is 0.680. The molecule has 0 aromatic rings. The number of esters is 1. The number of rotatable bonds is 3. The molecule has 0 amide bonds. The van der Waals surface area contributed by atoms with E-state index < -0.39 is 28.3 Å². The van der Waals surface area contributed by atoms with Crippen molar-refractivity contribution in [3.63, 3.8) is 0 Å². The number of ether oxygens (including phenoxy) is 1. The minimum atomic E-state index is -1.30. The van der Waals surface area contributed by atoms with E-state index in [4.69, 9.17) is 4.74 Å². The van der Waals surface area contributed by atoms with E-state index in [1.165, 1.54) is 0 Å². The number of aliphatic hydroxyl groups is 3. The summed E-state index contributed by atoms with van der Waals surface area (Å²) in [5.74, 6) is -0.479. The van der Waals surface area contributed by atoms with Crippen LogP contribution < -0.4 is 0 Å². The third-order valence-corrected chi connectivity index (χ3v) is 5.84. The molecule has 5 heteroatoms. The van der Waals surface area contributed by atoms with Crippen LogP contribution in [-0.2, 0) is 9.53 Å². The highest BCUT2D eigenvalue weighted by Gasteiger charge is 2.68.